The second kappa shape index (κ2) is 5.25. The van der Waals surface area contributed by atoms with E-state index in [4.69, 9.17) is 9.52 Å². The van der Waals surface area contributed by atoms with Gasteiger partial charge in [-0.15, -0.1) is 0 Å². The van der Waals surface area contributed by atoms with E-state index in [-0.39, 0.29) is 10.2 Å². The van der Waals surface area contributed by atoms with Crippen LogP contribution in [0.25, 0.3) is 0 Å². The molecule has 0 amide bonds. The molecule has 106 valence electrons. The van der Waals surface area contributed by atoms with Crippen LogP contribution in [0.15, 0.2) is 44.3 Å². The third-order valence-electron chi connectivity index (χ3n) is 2.23. The Hall–Kier alpha value is -1.87. The molecule has 0 unspecified atom stereocenters. The first kappa shape index (κ1) is 14.5. The molecule has 1 heterocycles. The number of hydrogen-bond acceptors (Lipinski definition) is 4. The van der Waals surface area contributed by atoms with Gasteiger partial charge in [-0.25, -0.2) is 9.18 Å². The maximum Gasteiger partial charge on any atom is 0.371 e. The number of carboxylic acid groups (broad SMARTS) is 1. The Bertz CT molecular complexity index is 771. The molecule has 2 N–H and O–H groups in total. The van der Waals surface area contributed by atoms with Crippen LogP contribution in [0.5, 0.6) is 0 Å². The van der Waals surface area contributed by atoms with Crippen molar-refractivity contribution in [1.29, 1.82) is 0 Å². The van der Waals surface area contributed by atoms with Gasteiger partial charge in [0.25, 0.3) is 10.0 Å². The van der Waals surface area contributed by atoms with Gasteiger partial charge in [-0.1, -0.05) is 0 Å². The normalized spacial score (nSPS) is 11.3. The van der Waals surface area contributed by atoms with E-state index >= 15 is 0 Å². The van der Waals surface area contributed by atoms with Crippen LogP contribution < -0.4 is 4.72 Å². The van der Waals surface area contributed by atoms with Crippen LogP contribution in [0, 0.1) is 5.82 Å². The molecule has 0 aliphatic heterocycles. The van der Waals surface area contributed by atoms with Gasteiger partial charge in [0.2, 0.25) is 10.9 Å². The molecule has 0 saturated carbocycles. The number of furan rings is 1. The summed E-state index contributed by atoms with van der Waals surface area (Å²) in [6, 6.07) is 5.42. The van der Waals surface area contributed by atoms with Crippen LogP contribution in [-0.4, -0.2) is 19.5 Å². The average molecular weight is 364 g/mol. The van der Waals surface area contributed by atoms with Gasteiger partial charge < -0.3 is 9.52 Å². The van der Waals surface area contributed by atoms with Crippen molar-refractivity contribution in [3.05, 3.63) is 46.4 Å². The Balaban J connectivity index is 2.33. The van der Waals surface area contributed by atoms with Crippen molar-refractivity contribution in [3.8, 4) is 0 Å². The van der Waals surface area contributed by atoms with Crippen molar-refractivity contribution >= 4 is 37.6 Å². The lowest BCUT2D eigenvalue weighted by Gasteiger charge is -2.07. The molecule has 6 nitrogen and oxygen atoms in total. The topological polar surface area (TPSA) is 96.6 Å². The summed E-state index contributed by atoms with van der Waals surface area (Å²) in [5.74, 6) is -2.41. The summed E-state index contributed by atoms with van der Waals surface area (Å²) < 4.78 is 43.9. The fourth-order valence-electron chi connectivity index (χ4n) is 1.35. The number of benzene rings is 1. The standard InChI is InChI=1S/C11H7BrFNO5S/c12-7-5-6(13)1-2-8(7)14-20(17,18)10-4-3-9(19-10)11(15)16/h1-5,14H,(H,15,16). The fraction of sp³-hybridized carbons (Fsp3) is 0. The molecule has 1 aromatic carbocycles. The van der Waals surface area contributed by atoms with Gasteiger partial charge in [-0.2, -0.15) is 8.42 Å². The number of halogens is 2. The third kappa shape index (κ3) is 2.99. The third-order valence-corrected chi connectivity index (χ3v) is 4.13. The van der Waals surface area contributed by atoms with E-state index in [0.717, 1.165) is 24.3 Å². The summed E-state index contributed by atoms with van der Waals surface area (Å²) in [5, 5.41) is 8.12. The Morgan fingerprint density at radius 2 is 2.00 bits per heavy atom. The van der Waals surface area contributed by atoms with Crippen molar-refractivity contribution in [2.24, 2.45) is 0 Å². The highest BCUT2D eigenvalue weighted by Gasteiger charge is 2.22. The molecule has 0 aliphatic rings. The van der Waals surface area contributed by atoms with Crippen LogP contribution in [0.3, 0.4) is 0 Å². The molecule has 0 saturated heterocycles. The molecule has 0 aliphatic carbocycles. The Morgan fingerprint density at radius 3 is 2.55 bits per heavy atom. The predicted molar refractivity (Wildman–Crippen MR) is 70.6 cm³/mol. The largest absolute Gasteiger partial charge is 0.475 e. The molecule has 0 atom stereocenters. The van der Waals surface area contributed by atoms with Gasteiger partial charge >= 0.3 is 5.97 Å². The molecule has 2 rings (SSSR count). The molecule has 20 heavy (non-hydrogen) atoms. The molecule has 0 bridgehead atoms. The lowest BCUT2D eigenvalue weighted by molar-refractivity contribution is 0.0656. The quantitative estimate of drug-likeness (QED) is 0.870. The number of hydrogen-bond donors (Lipinski definition) is 2. The number of sulfonamides is 1. The zero-order chi connectivity index (χ0) is 14.9. The SMILES string of the molecule is O=C(O)c1ccc(S(=O)(=O)Nc2ccc(F)cc2Br)o1. The van der Waals surface area contributed by atoms with Crippen LogP contribution in [0.1, 0.15) is 10.6 Å². The highest BCUT2D eigenvalue weighted by atomic mass is 79.9. The predicted octanol–water partition coefficient (Wildman–Crippen LogP) is 2.68. The average Bonchev–Trinajstić information content (AvgIpc) is 2.83. The lowest BCUT2D eigenvalue weighted by Crippen LogP contribution is -2.12. The number of nitrogens with one attached hydrogen (secondary N) is 1. The van der Waals surface area contributed by atoms with Crippen molar-refractivity contribution < 1.29 is 27.1 Å². The van der Waals surface area contributed by atoms with Crippen LogP contribution in [0.4, 0.5) is 10.1 Å². The van der Waals surface area contributed by atoms with Gasteiger partial charge in [0.05, 0.1) is 5.69 Å². The van der Waals surface area contributed by atoms with Crippen molar-refractivity contribution in [2.75, 3.05) is 4.72 Å². The zero-order valence-electron chi connectivity index (χ0n) is 9.63. The molecule has 2 aromatic rings. The van der Waals surface area contributed by atoms with Gasteiger partial charge in [-0.05, 0) is 46.3 Å². The van der Waals surface area contributed by atoms with E-state index in [1.807, 2.05) is 0 Å². The first-order valence-electron chi connectivity index (χ1n) is 5.10. The Morgan fingerprint density at radius 1 is 1.30 bits per heavy atom. The summed E-state index contributed by atoms with van der Waals surface area (Å²) in [7, 11) is -4.09. The number of aromatic carboxylic acids is 1. The number of anilines is 1. The second-order valence-corrected chi connectivity index (χ2v) is 6.12. The van der Waals surface area contributed by atoms with Gasteiger partial charge in [0.1, 0.15) is 5.82 Å². The zero-order valence-corrected chi connectivity index (χ0v) is 12.0. The second-order valence-electron chi connectivity index (χ2n) is 3.65. The van der Waals surface area contributed by atoms with E-state index in [2.05, 4.69) is 20.7 Å². The summed E-state index contributed by atoms with van der Waals surface area (Å²) in [4.78, 5) is 10.6. The first-order chi connectivity index (χ1) is 9.29. The molecule has 9 heteroatoms. The Kier molecular flexibility index (Phi) is 3.82. The van der Waals surface area contributed by atoms with Crippen molar-refractivity contribution in [1.82, 2.24) is 0 Å². The van der Waals surface area contributed by atoms with Gasteiger partial charge in [0.15, 0.2) is 0 Å². The van der Waals surface area contributed by atoms with Crippen LogP contribution in [-0.2, 0) is 10.0 Å². The molecule has 0 radical (unpaired) electrons. The molecule has 1 aromatic heterocycles. The minimum atomic E-state index is -4.09. The molecule has 0 fully saturated rings. The first-order valence-corrected chi connectivity index (χ1v) is 7.38. The summed E-state index contributed by atoms with van der Waals surface area (Å²) in [6.07, 6.45) is 0. The number of carboxylic acids is 1. The summed E-state index contributed by atoms with van der Waals surface area (Å²) >= 11 is 3.01. The molecular weight excluding hydrogens is 357 g/mol. The minimum Gasteiger partial charge on any atom is -0.475 e. The molecular formula is C11H7BrFNO5S. The van der Waals surface area contributed by atoms with E-state index in [1.165, 1.54) is 6.07 Å². The maximum atomic E-state index is 12.9. The van der Waals surface area contributed by atoms with E-state index in [1.54, 1.807) is 0 Å². The highest BCUT2D eigenvalue weighted by molar-refractivity contribution is 9.10. The van der Waals surface area contributed by atoms with E-state index in [9.17, 15) is 17.6 Å². The lowest BCUT2D eigenvalue weighted by atomic mass is 10.3. The van der Waals surface area contributed by atoms with E-state index in [0.29, 0.717) is 0 Å². The van der Waals surface area contributed by atoms with Crippen molar-refractivity contribution in [3.63, 3.8) is 0 Å². The molecule has 0 spiro atoms. The van der Waals surface area contributed by atoms with Crippen LogP contribution in [0.2, 0.25) is 0 Å². The van der Waals surface area contributed by atoms with Crippen molar-refractivity contribution in [2.45, 2.75) is 5.09 Å². The van der Waals surface area contributed by atoms with Gasteiger partial charge in [0, 0.05) is 4.47 Å². The summed E-state index contributed by atoms with van der Waals surface area (Å²) in [6.45, 7) is 0. The summed E-state index contributed by atoms with van der Waals surface area (Å²) in [5.41, 5.74) is 0.0969. The monoisotopic (exact) mass is 363 g/mol. The fourth-order valence-corrected chi connectivity index (χ4v) is 2.94. The number of rotatable bonds is 4. The van der Waals surface area contributed by atoms with Crippen LogP contribution >= 0.6 is 15.9 Å². The number of carbonyl (C=O) groups is 1. The van der Waals surface area contributed by atoms with Gasteiger partial charge in [-0.3, -0.25) is 4.72 Å². The smallest absolute Gasteiger partial charge is 0.371 e. The Labute approximate surface area is 121 Å². The van der Waals surface area contributed by atoms with E-state index < -0.39 is 32.7 Å². The minimum absolute atomic E-state index is 0.0969. The highest BCUT2D eigenvalue weighted by Crippen LogP contribution is 2.26. The maximum absolute atomic E-state index is 12.9.